The number of H-pyrrole nitrogens is 3. The summed E-state index contributed by atoms with van der Waals surface area (Å²) in [6, 6.07) is 42.6. The number of hydrogen-bond acceptors (Lipinski definition) is 6. The third-order valence-electron chi connectivity index (χ3n) is 9.66. The van der Waals surface area contributed by atoms with Gasteiger partial charge in [-0.2, -0.15) is 0 Å². The van der Waals surface area contributed by atoms with E-state index in [-0.39, 0.29) is 0 Å². The van der Waals surface area contributed by atoms with Gasteiger partial charge in [0.05, 0.1) is 33.1 Å². The highest BCUT2D eigenvalue weighted by Gasteiger charge is 2.09. The van der Waals surface area contributed by atoms with Gasteiger partial charge in [-0.3, -0.25) is 15.0 Å². The van der Waals surface area contributed by atoms with Crippen LogP contribution in [0.15, 0.2) is 146 Å². The molecule has 10 rings (SSSR count). The SMILES string of the molecule is C(=Cc1cc(/C=C\c2ccc(-c3nc4ccccc4[nH]3)nc2)cc(/C=C\c2ccc(-c3nc4ccccc4[nH]3)nc2)c1)c1ccc(-c2nc3ccccc3[nH]2)nc1. The van der Waals surface area contributed by atoms with Crippen LogP contribution in [-0.4, -0.2) is 44.9 Å². The molecule has 4 aromatic carbocycles. The van der Waals surface area contributed by atoms with Gasteiger partial charge in [0.25, 0.3) is 0 Å². The lowest BCUT2D eigenvalue weighted by molar-refractivity contribution is 1.23. The zero-order valence-electron chi connectivity index (χ0n) is 30.5. The van der Waals surface area contributed by atoms with Crippen molar-refractivity contribution in [2.45, 2.75) is 0 Å². The van der Waals surface area contributed by atoms with Crippen molar-refractivity contribution in [2.75, 3.05) is 0 Å². The number of imidazole rings is 3. The van der Waals surface area contributed by atoms with Gasteiger partial charge < -0.3 is 15.0 Å². The first kappa shape index (κ1) is 33.5. The van der Waals surface area contributed by atoms with Crippen LogP contribution in [0, 0.1) is 0 Å². The fourth-order valence-electron chi connectivity index (χ4n) is 6.72. The molecule has 0 aliphatic heterocycles. The molecule has 270 valence electrons. The molecular formula is C48H33N9. The first-order chi connectivity index (χ1) is 28.1. The number of nitrogens with one attached hydrogen (secondary N) is 3. The highest BCUT2D eigenvalue weighted by atomic mass is 15.0. The number of fused-ring (bicyclic) bond motifs is 3. The zero-order valence-corrected chi connectivity index (χ0v) is 30.5. The highest BCUT2D eigenvalue weighted by Crippen LogP contribution is 2.24. The Morgan fingerprint density at radius 3 is 0.895 bits per heavy atom. The quantitative estimate of drug-likeness (QED) is 0.136. The lowest BCUT2D eigenvalue weighted by Gasteiger charge is -2.04. The minimum absolute atomic E-state index is 0.751. The molecule has 9 heteroatoms. The second-order valence-electron chi connectivity index (χ2n) is 13.7. The van der Waals surface area contributed by atoms with Gasteiger partial charge in [-0.25, -0.2) is 15.0 Å². The van der Waals surface area contributed by atoms with E-state index in [9.17, 15) is 0 Å². The second kappa shape index (κ2) is 14.7. The molecule has 0 amide bonds. The monoisotopic (exact) mass is 735 g/mol. The maximum Gasteiger partial charge on any atom is 0.157 e. The number of benzene rings is 4. The standard InChI is InChI=1S/C48H33N9/c1-2-8-38-37(7-1)52-46(53-38)43-22-19-31(28-49-43)13-16-34-25-35(17-14-32-20-23-44(50-29-32)47-54-39-9-3-4-10-40(39)55-47)27-36(26-34)18-15-33-21-24-45(51-30-33)48-56-41-11-5-6-12-42(41)57-48/h1-30H,(H,52,53)(H,54,55)(H,56,57)/b16-13-,17-14-,18-15?. The summed E-state index contributed by atoms with van der Waals surface area (Å²) >= 11 is 0. The van der Waals surface area contributed by atoms with Crippen LogP contribution in [0.25, 0.3) is 104 Å². The zero-order chi connectivity index (χ0) is 38.0. The maximum absolute atomic E-state index is 4.70. The molecule has 6 aromatic heterocycles. The van der Waals surface area contributed by atoms with Crippen molar-refractivity contribution in [3.8, 4) is 34.6 Å². The fraction of sp³-hybridized carbons (Fsp3) is 0. The normalized spacial score (nSPS) is 12.0. The van der Waals surface area contributed by atoms with Crippen LogP contribution in [0.2, 0.25) is 0 Å². The summed E-state index contributed by atoms with van der Waals surface area (Å²) in [6.45, 7) is 0. The number of para-hydroxylation sites is 6. The smallest absolute Gasteiger partial charge is 0.157 e. The minimum Gasteiger partial charge on any atom is -0.337 e. The molecule has 0 unspecified atom stereocenters. The summed E-state index contributed by atoms with van der Waals surface area (Å²) in [7, 11) is 0. The predicted octanol–water partition coefficient (Wildman–Crippen LogP) is 11.0. The van der Waals surface area contributed by atoms with E-state index >= 15 is 0 Å². The molecule has 0 spiro atoms. The molecule has 0 saturated heterocycles. The summed E-state index contributed by atoms with van der Waals surface area (Å²) in [5, 5.41) is 0. The Morgan fingerprint density at radius 2 is 0.614 bits per heavy atom. The van der Waals surface area contributed by atoms with Gasteiger partial charge in [0.1, 0.15) is 17.1 Å². The molecule has 0 aliphatic carbocycles. The molecule has 0 saturated carbocycles. The van der Waals surface area contributed by atoms with E-state index in [0.717, 1.165) is 101 Å². The van der Waals surface area contributed by atoms with Crippen LogP contribution < -0.4 is 0 Å². The number of hydrogen-bond donors (Lipinski definition) is 3. The van der Waals surface area contributed by atoms with Crippen LogP contribution in [0.5, 0.6) is 0 Å². The van der Waals surface area contributed by atoms with Crippen molar-refractivity contribution in [3.63, 3.8) is 0 Å². The molecule has 0 fully saturated rings. The molecule has 0 bridgehead atoms. The number of aromatic amines is 3. The van der Waals surface area contributed by atoms with Crippen LogP contribution in [0.3, 0.4) is 0 Å². The van der Waals surface area contributed by atoms with E-state index < -0.39 is 0 Å². The van der Waals surface area contributed by atoms with Crippen LogP contribution >= 0.6 is 0 Å². The molecule has 0 aliphatic rings. The van der Waals surface area contributed by atoms with E-state index in [4.69, 9.17) is 29.9 Å². The molecule has 0 atom stereocenters. The van der Waals surface area contributed by atoms with Gasteiger partial charge in [-0.1, -0.05) is 91.1 Å². The van der Waals surface area contributed by atoms with Crippen molar-refractivity contribution in [1.29, 1.82) is 0 Å². The van der Waals surface area contributed by atoms with E-state index in [2.05, 4.69) is 87.8 Å². The van der Waals surface area contributed by atoms with Crippen molar-refractivity contribution in [1.82, 2.24) is 44.9 Å². The molecule has 0 radical (unpaired) electrons. The van der Waals surface area contributed by atoms with Crippen LogP contribution in [-0.2, 0) is 0 Å². The molecule has 6 heterocycles. The average Bonchev–Trinajstić information content (AvgIpc) is 4.02. The van der Waals surface area contributed by atoms with Crippen molar-refractivity contribution >= 4 is 69.6 Å². The van der Waals surface area contributed by atoms with Crippen molar-refractivity contribution < 1.29 is 0 Å². The van der Waals surface area contributed by atoms with Gasteiger partial charge in [0.15, 0.2) is 17.5 Å². The van der Waals surface area contributed by atoms with E-state index in [1.54, 1.807) is 0 Å². The molecule has 57 heavy (non-hydrogen) atoms. The Bertz CT molecular complexity index is 2660. The second-order valence-corrected chi connectivity index (χ2v) is 13.7. The average molecular weight is 736 g/mol. The maximum atomic E-state index is 4.70. The van der Waals surface area contributed by atoms with Crippen LogP contribution in [0.1, 0.15) is 33.4 Å². The number of pyridine rings is 3. The largest absolute Gasteiger partial charge is 0.337 e. The molecular weight excluding hydrogens is 703 g/mol. The fourth-order valence-corrected chi connectivity index (χ4v) is 6.72. The summed E-state index contributed by atoms with van der Waals surface area (Å²) in [5.41, 5.74) is 14.2. The minimum atomic E-state index is 0.751. The summed E-state index contributed by atoms with van der Waals surface area (Å²) in [5.74, 6) is 2.25. The summed E-state index contributed by atoms with van der Waals surface area (Å²) in [6.07, 6.45) is 18.2. The third-order valence-corrected chi connectivity index (χ3v) is 9.66. The third kappa shape index (κ3) is 7.28. The van der Waals surface area contributed by atoms with Gasteiger partial charge in [0, 0.05) is 18.6 Å². The highest BCUT2D eigenvalue weighted by molar-refractivity contribution is 5.82. The van der Waals surface area contributed by atoms with Crippen molar-refractivity contribution in [3.05, 3.63) is 179 Å². The molecule has 3 N–H and O–H groups in total. The number of nitrogens with zero attached hydrogens (tertiary/aromatic N) is 6. The Labute approximate surface area is 327 Å². The summed E-state index contributed by atoms with van der Waals surface area (Å²) in [4.78, 5) is 38.2. The Balaban J connectivity index is 0.910. The number of aromatic nitrogens is 9. The van der Waals surface area contributed by atoms with Gasteiger partial charge >= 0.3 is 0 Å². The Morgan fingerprint density at radius 1 is 0.316 bits per heavy atom. The van der Waals surface area contributed by atoms with E-state index in [0.29, 0.717) is 0 Å². The Hall–Kier alpha value is -8.04. The Kier molecular flexibility index (Phi) is 8.62. The van der Waals surface area contributed by atoms with Crippen LogP contribution in [0.4, 0.5) is 0 Å². The lowest BCUT2D eigenvalue weighted by Crippen LogP contribution is -1.87. The van der Waals surface area contributed by atoms with Gasteiger partial charge in [-0.05, 0) is 106 Å². The lowest BCUT2D eigenvalue weighted by atomic mass is 10.0. The molecule has 10 aromatic rings. The van der Waals surface area contributed by atoms with Gasteiger partial charge in [-0.15, -0.1) is 0 Å². The first-order valence-corrected chi connectivity index (χ1v) is 18.6. The van der Waals surface area contributed by atoms with Crippen molar-refractivity contribution in [2.24, 2.45) is 0 Å². The van der Waals surface area contributed by atoms with E-state index in [1.165, 1.54) is 0 Å². The first-order valence-electron chi connectivity index (χ1n) is 18.6. The molecule has 9 nitrogen and oxygen atoms in total. The topological polar surface area (TPSA) is 125 Å². The number of rotatable bonds is 9. The predicted molar refractivity (Wildman–Crippen MR) is 231 cm³/mol. The summed E-state index contributed by atoms with van der Waals surface area (Å²) < 4.78 is 0. The van der Waals surface area contributed by atoms with E-state index in [1.807, 2.05) is 110 Å². The van der Waals surface area contributed by atoms with Gasteiger partial charge in [0.2, 0.25) is 0 Å².